The van der Waals surface area contributed by atoms with E-state index in [-0.39, 0.29) is 6.54 Å². The van der Waals surface area contributed by atoms with Crippen LogP contribution in [0.3, 0.4) is 0 Å². The van der Waals surface area contributed by atoms with Gasteiger partial charge in [-0.25, -0.2) is 4.79 Å². The second-order valence-corrected chi connectivity index (χ2v) is 5.04. The van der Waals surface area contributed by atoms with Gasteiger partial charge in [-0.15, -0.1) is 6.58 Å². The molecule has 0 aliphatic carbocycles. The molecule has 1 atom stereocenters. The van der Waals surface area contributed by atoms with E-state index >= 15 is 0 Å². The average molecular weight is 301 g/mol. The first-order valence-corrected chi connectivity index (χ1v) is 7.12. The lowest BCUT2D eigenvalue weighted by Crippen LogP contribution is -2.44. The first kappa shape index (κ1) is 15.8. The molecule has 1 aromatic carbocycles. The number of carbonyl (C=O) groups excluding carboxylic acids is 3. The number of urea groups is 1. The molecule has 4 amide bonds. The normalized spacial score (nSPS) is 20.7. The Morgan fingerprint density at radius 1 is 1.36 bits per heavy atom. The van der Waals surface area contributed by atoms with E-state index in [0.29, 0.717) is 18.5 Å². The Bertz CT molecular complexity index is 600. The molecule has 1 aliphatic rings. The molecule has 0 bridgehead atoms. The molecule has 1 aliphatic heterocycles. The molecule has 0 radical (unpaired) electrons. The van der Waals surface area contributed by atoms with Crippen molar-refractivity contribution in [2.45, 2.75) is 18.9 Å². The summed E-state index contributed by atoms with van der Waals surface area (Å²) in [4.78, 5) is 37.6. The van der Waals surface area contributed by atoms with Gasteiger partial charge < -0.3 is 10.6 Å². The minimum Gasteiger partial charge on any atom is -0.351 e. The molecular weight excluding hydrogens is 282 g/mol. The van der Waals surface area contributed by atoms with Gasteiger partial charge in [0, 0.05) is 6.54 Å². The van der Waals surface area contributed by atoms with Gasteiger partial charge in [-0.05, 0) is 12.0 Å². The second-order valence-electron chi connectivity index (χ2n) is 5.04. The van der Waals surface area contributed by atoms with E-state index < -0.39 is 23.4 Å². The highest BCUT2D eigenvalue weighted by Crippen LogP contribution is 2.32. The van der Waals surface area contributed by atoms with Gasteiger partial charge in [0.15, 0.2) is 0 Å². The van der Waals surface area contributed by atoms with Crippen LogP contribution in [0.2, 0.25) is 0 Å². The highest BCUT2D eigenvalue weighted by Gasteiger charge is 2.51. The van der Waals surface area contributed by atoms with Crippen LogP contribution in [-0.2, 0) is 15.1 Å². The van der Waals surface area contributed by atoms with E-state index in [4.69, 9.17) is 0 Å². The maximum Gasteiger partial charge on any atom is 0.325 e. The van der Waals surface area contributed by atoms with Crippen molar-refractivity contribution in [3.8, 4) is 0 Å². The van der Waals surface area contributed by atoms with Crippen LogP contribution in [0.5, 0.6) is 0 Å². The van der Waals surface area contributed by atoms with Crippen molar-refractivity contribution in [2.75, 3.05) is 13.1 Å². The second kappa shape index (κ2) is 6.43. The van der Waals surface area contributed by atoms with Crippen molar-refractivity contribution in [1.29, 1.82) is 0 Å². The summed E-state index contributed by atoms with van der Waals surface area (Å²) in [6.07, 6.45) is 1.94. The SMILES string of the molecule is C=CCNC(=O)CN1C(=O)NC(CC)(c2ccccc2)C1=O. The molecule has 1 aromatic rings. The fourth-order valence-corrected chi connectivity index (χ4v) is 2.52. The number of nitrogens with zero attached hydrogens (tertiary/aromatic N) is 1. The number of imide groups is 1. The third-order valence-electron chi connectivity index (χ3n) is 3.72. The third kappa shape index (κ3) is 2.72. The fraction of sp³-hybridized carbons (Fsp3) is 0.312. The lowest BCUT2D eigenvalue weighted by Gasteiger charge is -2.25. The van der Waals surface area contributed by atoms with Crippen LogP contribution in [0.15, 0.2) is 43.0 Å². The van der Waals surface area contributed by atoms with Crippen molar-refractivity contribution >= 4 is 17.8 Å². The summed E-state index contributed by atoms with van der Waals surface area (Å²) in [5.41, 5.74) is -0.387. The van der Waals surface area contributed by atoms with Crippen molar-refractivity contribution in [2.24, 2.45) is 0 Å². The van der Waals surface area contributed by atoms with Gasteiger partial charge in [0.1, 0.15) is 12.1 Å². The zero-order chi connectivity index (χ0) is 16.2. The molecule has 2 N–H and O–H groups in total. The molecule has 1 fully saturated rings. The molecule has 1 unspecified atom stereocenters. The minimum atomic E-state index is -1.10. The Kier molecular flexibility index (Phi) is 4.60. The van der Waals surface area contributed by atoms with E-state index in [0.717, 1.165) is 4.90 Å². The van der Waals surface area contributed by atoms with E-state index in [1.165, 1.54) is 6.08 Å². The van der Waals surface area contributed by atoms with Crippen LogP contribution in [0.1, 0.15) is 18.9 Å². The van der Waals surface area contributed by atoms with Crippen molar-refractivity contribution in [3.05, 3.63) is 48.6 Å². The Morgan fingerprint density at radius 2 is 2.05 bits per heavy atom. The Labute approximate surface area is 129 Å². The number of benzene rings is 1. The lowest BCUT2D eigenvalue weighted by molar-refractivity contribution is -0.135. The van der Waals surface area contributed by atoms with E-state index in [9.17, 15) is 14.4 Å². The lowest BCUT2D eigenvalue weighted by atomic mass is 9.87. The van der Waals surface area contributed by atoms with Gasteiger partial charge in [-0.1, -0.05) is 43.3 Å². The van der Waals surface area contributed by atoms with Gasteiger partial charge in [0.2, 0.25) is 5.91 Å². The van der Waals surface area contributed by atoms with Crippen LogP contribution >= 0.6 is 0 Å². The van der Waals surface area contributed by atoms with Gasteiger partial charge in [-0.2, -0.15) is 0 Å². The smallest absolute Gasteiger partial charge is 0.325 e. The number of hydrogen-bond donors (Lipinski definition) is 2. The van der Waals surface area contributed by atoms with E-state index in [1.54, 1.807) is 12.1 Å². The molecule has 22 heavy (non-hydrogen) atoms. The number of rotatable bonds is 6. The molecule has 1 heterocycles. The largest absolute Gasteiger partial charge is 0.351 e. The molecule has 116 valence electrons. The fourth-order valence-electron chi connectivity index (χ4n) is 2.52. The zero-order valence-corrected chi connectivity index (χ0v) is 12.5. The summed E-state index contributed by atoms with van der Waals surface area (Å²) in [6, 6.07) is 8.50. The Morgan fingerprint density at radius 3 is 2.64 bits per heavy atom. The highest BCUT2D eigenvalue weighted by atomic mass is 16.2. The van der Waals surface area contributed by atoms with Crippen molar-refractivity contribution < 1.29 is 14.4 Å². The summed E-state index contributed by atoms with van der Waals surface area (Å²) in [7, 11) is 0. The molecule has 6 heteroatoms. The first-order chi connectivity index (χ1) is 10.5. The summed E-state index contributed by atoms with van der Waals surface area (Å²) in [5, 5.41) is 5.29. The summed E-state index contributed by atoms with van der Waals surface area (Å²) < 4.78 is 0. The van der Waals surface area contributed by atoms with Gasteiger partial charge in [0.05, 0.1) is 0 Å². The van der Waals surface area contributed by atoms with Crippen LogP contribution < -0.4 is 10.6 Å². The quantitative estimate of drug-likeness (QED) is 0.611. The topological polar surface area (TPSA) is 78.5 Å². The average Bonchev–Trinajstić information content (AvgIpc) is 2.79. The maximum atomic E-state index is 12.7. The monoisotopic (exact) mass is 301 g/mol. The number of nitrogens with one attached hydrogen (secondary N) is 2. The standard InChI is InChI=1S/C16H19N3O3/c1-3-10-17-13(20)11-19-14(21)16(4-2,18-15(19)22)12-8-6-5-7-9-12/h3,5-9H,1,4,10-11H2,2H3,(H,17,20)(H,18,22). The molecule has 0 spiro atoms. The predicted octanol–water partition coefficient (Wildman–Crippen LogP) is 1.15. The van der Waals surface area contributed by atoms with Crippen LogP contribution in [-0.4, -0.2) is 35.8 Å². The highest BCUT2D eigenvalue weighted by molar-refractivity contribution is 6.09. The van der Waals surface area contributed by atoms with E-state index in [1.807, 2.05) is 25.1 Å². The number of hydrogen-bond acceptors (Lipinski definition) is 3. The molecule has 2 rings (SSSR count). The molecular formula is C16H19N3O3. The summed E-state index contributed by atoms with van der Waals surface area (Å²) >= 11 is 0. The summed E-state index contributed by atoms with van der Waals surface area (Å²) in [6.45, 7) is 5.31. The van der Waals surface area contributed by atoms with Crippen LogP contribution in [0, 0.1) is 0 Å². The Hall–Kier alpha value is -2.63. The van der Waals surface area contributed by atoms with Gasteiger partial charge in [0.25, 0.3) is 5.91 Å². The first-order valence-electron chi connectivity index (χ1n) is 7.12. The van der Waals surface area contributed by atoms with Gasteiger partial charge in [-0.3, -0.25) is 14.5 Å². The number of amides is 4. The zero-order valence-electron chi connectivity index (χ0n) is 12.5. The minimum absolute atomic E-state index is 0.292. The van der Waals surface area contributed by atoms with Crippen molar-refractivity contribution in [1.82, 2.24) is 15.5 Å². The molecule has 6 nitrogen and oxygen atoms in total. The molecule has 1 saturated heterocycles. The molecule has 0 aromatic heterocycles. The van der Waals surface area contributed by atoms with Crippen LogP contribution in [0.25, 0.3) is 0 Å². The third-order valence-corrected chi connectivity index (χ3v) is 3.72. The van der Waals surface area contributed by atoms with Gasteiger partial charge >= 0.3 is 6.03 Å². The van der Waals surface area contributed by atoms with E-state index in [2.05, 4.69) is 17.2 Å². The predicted molar refractivity (Wildman–Crippen MR) is 81.9 cm³/mol. The summed E-state index contributed by atoms with van der Waals surface area (Å²) in [5.74, 6) is -0.802. The number of carbonyl (C=O) groups is 3. The Balaban J connectivity index is 2.23. The van der Waals surface area contributed by atoms with Crippen LogP contribution in [0.4, 0.5) is 4.79 Å². The maximum absolute atomic E-state index is 12.7. The van der Waals surface area contributed by atoms with Crippen molar-refractivity contribution in [3.63, 3.8) is 0 Å². The molecule has 0 saturated carbocycles.